The largest absolute Gasteiger partial charge is 0.482 e. The molecule has 194 valence electrons. The molecule has 0 saturated carbocycles. The van der Waals surface area contributed by atoms with E-state index in [9.17, 15) is 9.59 Å². The summed E-state index contributed by atoms with van der Waals surface area (Å²) in [5.74, 6) is -0.238. The molecule has 0 radical (unpaired) electrons. The Hall–Kier alpha value is -3.07. The number of aliphatic carboxylic acids is 1. The average Bonchev–Trinajstić information content (AvgIpc) is 3.25. The van der Waals surface area contributed by atoms with E-state index >= 15 is 0 Å². The molecular weight excluding hydrogens is 482 g/mol. The van der Waals surface area contributed by atoms with Crippen LogP contribution in [0.25, 0.3) is 10.9 Å². The van der Waals surface area contributed by atoms with E-state index in [2.05, 4.69) is 17.6 Å². The number of amides is 1. The number of rotatable bonds is 9. The van der Waals surface area contributed by atoms with Gasteiger partial charge in [0.15, 0.2) is 6.61 Å². The highest BCUT2D eigenvalue weighted by molar-refractivity contribution is 6.07. The second-order valence-corrected chi connectivity index (χ2v) is 9.03. The number of ether oxygens (including phenoxy) is 2. The highest BCUT2D eigenvalue weighted by Gasteiger charge is 2.28. The van der Waals surface area contributed by atoms with Crippen LogP contribution in [0.4, 0.5) is 0 Å². The summed E-state index contributed by atoms with van der Waals surface area (Å²) in [6, 6.07) is 11.7. The lowest BCUT2D eigenvalue weighted by Crippen LogP contribution is -2.38. The van der Waals surface area contributed by atoms with E-state index in [1.54, 1.807) is 13.2 Å². The molecule has 1 amide bonds. The first-order valence-corrected chi connectivity index (χ1v) is 12.0. The number of hydrogen-bond donors (Lipinski definition) is 2. The third-order valence-corrected chi connectivity index (χ3v) is 6.75. The van der Waals surface area contributed by atoms with Gasteiger partial charge in [-0.2, -0.15) is 0 Å². The van der Waals surface area contributed by atoms with Crippen molar-refractivity contribution in [2.45, 2.75) is 38.8 Å². The van der Waals surface area contributed by atoms with Crippen LogP contribution < -0.4 is 10.5 Å². The topological polar surface area (TPSA) is 107 Å². The molecule has 2 heterocycles. The zero-order valence-electron chi connectivity index (χ0n) is 20.7. The number of halogens is 1. The van der Waals surface area contributed by atoms with E-state index in [0.29, 0.717) is 44.1 Å². The van der Waals surface area contributed by atoms with Crippen molar-refractivity contribution >= 4 is 35.2 Å². The number of carboxylic acid groups (broad SMARTS) is 1. The number of hydrogen-bond acceptors (Lipinski definition) is 5. The molecule has 1 saturated heterocycles. The van der Waals surface area contributed by atoms with Crippen molar-refractivity contribution in [1.29, 1.82) is 0 Å². The van der Waals surface area contributed by atoms with Crippen molar-refractivity contribution in [2.24, 2.45) is 5.73 Å². The summed E-state index contributed by atoms with van der Waals surface area (Å²) < 4.78 is 12.9. The lowest BCUT2D eigenvalue weighted by atomic mass is 9.87. The summed E-state index contributed by atoms with van der Waals surface area (Å²) >= 11 is 0. The molecule has 1 fully saturated rings. The van der Waals surface area contributed by atoms with Crippen molar-refractivity contribution in [1.82, 2.24) is 9.47 Å². The van der Waals surface area contributed by atoms with Gasteiger partial charge in [-0.05, 0) is 48.4 Å². The summed E-state index contributed by atoms with van der Waals surface area (Å²) in [6.07, 6.45) is 3.49. The van der Waals surface area contributed by atoms with Crippen molar-refractivity contribution in [3.8, 4) is 5.75 Å². The lowest BCUT2D eigenvalue weighted by Gasteiger charge is -2.33. The third kappa shape index (κ3) is 5.83. The molecule has 4 rings (SSSR count). The van der Waals surface area contributed by atoms with Gasteiger partial charge in [-0.25, -0.2) is 4.79 Å². The van der Waals surface area contributed by atoms with Gasteiger partial charge < -0.3 is 29.8 Å². The molecule has 0 bridgehead atoms. The molecule has 1 aromatic heterocycles. The molecule has 3 N–H and O–H groups in total. The summed E-state index contributed by atoms with van der Waals surface area (Å²) in [4.78, 5) is 26.5. The van der Waals surface area contributed by atoms with Crippen LogP contribution in [0.3, 0.4) is 0 Å². The molecule has 9 heteroatoms. The maximum Gasteiger partial charge on any atom is 0.341 e. The number of likely N-dealkylation sites (tertiary alicyclic amines) is 1. The fourth-order valence-corrected chi connectivity index (χ4v) is 4.96. The predicted octanol–water partition coefficient (Wildman–Crippen LogP) is 3.96. The Labute approximate surface area is 217 Å². The Balaban J connectivity index is 0.00000361. The Morgan fingerprint density at radius 2 is 1.92 bits per heavy atom. The molecule has 2 aromatic carbocycles. The number of benzene rings is 2. The summed E-state index contributed by atoms with van der Waals surface area (Å²) in [5, 5.41) is 9.99. The molecular formula is C27H34ClN3O5. The predicted molar refractivity (Wildman–Crippen MR) is 141 cm³/mol. The zero-order valence-corrected chi connectivity index (χ0v) is 21.6. The van der Waals surface area contributed by atoms with Gasteiger partial charge in [0.2, 0.25) is 0 Å². The summed E-state index contributed by atoms with van der Waals surface area (Å²) in [5.41, 5.74) is 10.7. The molecule has 0 atom stereocenters. The van der Waals surface area contributed by atoms with E-state index in [-0.39, 0.29) is 24.2 Å². The van der Waals surface area contributed by atoms with Gasteiger partial charge in [-0.3, -0.25) is 4.79 Å². The Morgan fingerprint density at radius 1 is 1.17 bits per heavy atom. The number of fused-ring (bicyclic) bond motifs is 1. The standard InChI is InChI=1S/C27H33N3O5.ClH/c1-18-4-3-5-21-23(16-30(26(18)21)12-13-34-2)27(33)29-10-8-20(9-11-29)22-14-19(15-28)6-7-24(22)35-17-25(31)32;/h3-7,14,16,20H,8-13,15,17,28H2,1-2H3,(H,31,32);1H. The van der Waals surface area contributed by atoms with Crippen LogP contribution in [0.15, 0.2) is 42.6 Å². The fourth-order valence-electron chi connectivity index (χ4n) is 4.96. The average molecular weight is 516 g/mol. The van der Waals surface area contributed by atoms with Gasteiger partial charge >= 0.3 is 5.97 Å². The van der Waals surface area contributed by atoms with Gasteiger partial charge in [0.1, 0.15) is 5.75 Å². The van der Waals surface area contributed by atoms with Crippen LogP contribution in [-0.4, -0.2) is 59.9 Å². The number of nitrogens with two attached hydrogens (primary N) is 1. The highest BCUT2D eigenvalue weighted by atomic mass is 35.5. The van der Waals surface area contributed by atoms with Crippen LogP contribution in [-0.2, 0) is 22.6 Å². The molecule has 0 spiro atoms. The molecule has 3 aromatic rings. The Morgan fingerprint density at radius 3 is 2.58 bits per heavy atom. The van der Waals surface area contributed by atoms with E-state index < -0.39 is 12.6 Å². The number of methoxy groups -OCH3 is 1. The first-order chi connectivity index (χ1) is 16.9. The Kier molecular flexibility index (Phi) is 9.37. The fraction of sp³-hybridized carbons (Fsp3) is 0.407. The number of carboxylic acids is 1. The minimum Gasteiger partial charge on any atom is -0.482 e. The lowest BCUT2D eigenvalue weighted by molar-refractivity contribution is -0.139. The minimum atomic E-state index is -1.01. The Bertz CT molecular complexity index is 1220. The summed E-state index contributed by atoms with van der Waals surface area (Å²) in [6.45, 7) is 4.56. The number of aryl methyl sites for hydroxylation is 1. The third-order valence-electron chi connectivity index (χ3n) is 6.75. The molecule has 0 aliphatic carbocycles. The van der Waals surface area contributed by atoms with Crippen LogP contribution in [0, 0.1) is 6.92 Å². The van der Waals surface area contributed by atoms with Gasteiger partial charge in [0.25, 0.3) is 5.91 Å². The second kappa shape index (κ2) is 12.3. The van der Waals surface area contributed by atoms with Crippen molar-refractivity contribution in [2.75, 3.05) is 33.4 Å². The van der Waals surface area contributed by atoms with Crippen LogP contribution in [0.2, 0.25) is 0 Å². The normalized spacial score (nSPS) is 14.0. The number of para-hydroxylation sites is 1. The molecule has 8 nitrogen and oxygen atoms in total. The van der Waals surface area contributed by atoms with Gasteiger partial charge in [-0.1, -0.05) is 30.3 Å². The minimum absolute atomic E-state index is 0. The van der Waals surface area contributed by atoms with Crippen molar-refractivity contribution in [3.05, 3.63) is 64.8 Å². The quantitative estimate of drug-likeness (QED) is 0.446. The zero-order chi connectivity index (χ0) is 24.9. The first kappa shape index (κ1) is 27.5. The van der Waals surface area contributed by atoms with Crippen LogP contribution in [0.5, 0.6) is 5.75 Å². The van der Waals surface area contributed by atoms with E-state index in [1.165, 1.54) is 0 Å². The van der Waals surface area contributed by atoms with Crippen molar-refractivity contribution in [3.63, 3.8) is 0 Å². The molecule has 36 heavy (non-hydrogen) atoms. The van der Waals surface area contributed by atoms with Gasteiger partial charge in [0, 0.05) is 44.9 Å². The highest BCUT2D eigenvalue weighted by Crippen LogP contribution is 2.36. The van der Waals surface area contributed by atoms with Gasteiger partial charge in [0.05, 0.1) is 17.7 Å². The summed E-state index contributed by atoms with van der Waals surface area (Å²) in [7, 11) is 1.68. The number of piperidine rings is 1. The SMILES string of the molecule is COCCn1cc(C(=O)N2CCC(c3cc(CN)ccc3OCC(=O)O)CC2)c2cccc(C)c21.Cl. The van der Waals surface area contributed by atoms with E-state index in [0.717, 1.165) is 40.4 Å². The molecule has 0 unspecified atom stereocenters. The maximum absolute atomic E-state index is 13.6. The van der Waals surface area contributed by atoms with Crippen molar-refractivity contribution < 1.29 is 24.2 Å². The smallest absolute Gasteiger partial charge is 0.341 e. The first-order valence-electron chi connectivity index (χ1n) is 12.0. The van der Waals surface area contributed by atoms with Gasteiger partial charge in [-0.15, -0.1) is 12.4 Å². The van der Waals surface area contributed by atoms with Crippen LogP contribution in [0.1, 0.15) is 45.8 Å². The van der Waals surface area contributed by atoms with Crippen LogP contribution >= 0.6 is 12.4 Å². The van der Waals surface area contributed by atoms with E-state index in [1.807, 2.05) is 35.4 Å². The molecule has 1 aliphatic heterocycles. The number of aromatic nitrogens is 1. The second-order valence-electron chi connectivity index (χ2n) is 9.03. The number of carbonyl (C=O) groups excluding carboxylic acids is 1. The van der Waals surface area contributed by atoms with E-state index in [4.69, 9.17) is 20.3 Å². The number of nitrogens with zero attached hydrogens (tertiary/aromatic N) is 2. The molecule has 1 aliphatic rings. The maximum atomic E-state index is 13.6. The monoisotopic (exact) mass is 515 g/mol. The number of carbonyl (C=O) groups is 2.